The lowest BCUT2D eigenvalue weighted by atomic mass is 10.1. The Hall–Kier alpha value is -0.940. The molecule has 170 valence electrons. The average Bonchev–Trinajstić information content (AvgIpc) is 2.76. The minimum absolute atomic E-state index is 0.330. The smallest absolute Gasteiger partial charge is 0.0716 e. The highest BCUT2D eigenvalue weighted by Crippen LogP contribution is 2.08. The number of ether oxygens (including phenoxy) is 1. The number of rotatable bonds is 19. The van der Waals surface area contributed by atoms with E-state index in [-0.39, 0.29) is 0 Å². The molecule has 0 amide bonds. The molecule has 29 heavy (non-hydrogen) atoms. The monoisotopic (exact) mass is 410 g/mol. The minimum atomic E-state index is 0.330. The van der Waals surface area contributed by atoms with E-state index >= 15 is 0 Å². The summed E-state index contributed by atoms with van der Waals surface area (Å²) >= 11 is 0. The van der Waals surface area contributed by atoms with Gasteiger partial charge in [-0.1, -0.05) is 94.5 Å². The number of aliphatic hydroxyl groups excluding tert-OH is 3. The zero-order valence-electron chi connectivity index (χ0n) is 18.6. The van der Waals surface area contributed by atoms with Crippen molar-refractivity contribution in [1.29, 1.82) is 0 Å². The van der Waals surface area contributed by atoms with Crippen LogP contribution >= 0.6 is 0 Å². The van der Waals surface area contributed by atoms with Crippen LogP contribution in [0.3, 0.4) is 0 Å². The molecular formula is C25H46O4. The minimum Gasteiger partial charge on any atom is -0.396 e. The Labute approximate surface area is 179 Å². The molecule has 0 radical (unpaired) electrons. The SMILES string of the molecule is OCCCCCCCCCO.OCCCCCCCCCOCc1ccccc1. The fourth-order valence-corrected chi connectivity index (χ4v) is 3.07. The van der Waals surface area contributed by atoms with Gasteiger partial charge in [-0.25, -0.2) is 0 Å². The molecule has 0 unspecified atom stereocenters. The quantitative estimate of drug-likeness (QED) is 0.259. The second-order valence-corrected chi connectivity index (χ2v) is 7.66. The number of hydrogen-bond donors (Lipinski definition) is 3. The van der Waals surface area contributed by atoms with E-state index in [2.05, 4.69) is 12.1 Å². The number of benzene rings is 1. The summed E-state index contributed by atoms with van der Waals surface area (Å²) < 4.78 is 5.63. The Kier molecular flexibility index (Phi) is 24.3. The van der Waals surface area contributed by atoms with E-state index in [1.807, 2.05) is 18.2 Å². The Balaban J connectivity index is 0.000000614. The predicted octanol–water partition coefficient (Wildman–Crippen LogP) is 5.63. The molecule has 1 rings (SSSR count). The van der Waals surface area contributed by atoms with Crippen molar-refractivity contribution in [3.8, 4) is 0 Å². The molecule has 0 aliphatic rings. The van der Waals surface area contributed by atoms with E-state index in [1.54, 1.807) is 0 Å². The third kappa shape index (κ3) is 23.2. The molecule has 4 nitrogen and oxygen atoms in total. The van der Waals surface area contributed by atoms with Crippen LogP contribution in [0.1, 0.15) is 95.5 Å². The standard InChI is InChI=1S/C16H26O2.C9H20O2/c17-13-9-4-2-1-3-5-10-14-18-15-16-11-7-6-8-12-16;10-8-6-4-2-1-3-5-7-9-11/h6-8,11-12,17H,1-5,9-10,13-15H2;10-11H,1-9H2. The van der Waals surface area contributed by atoms with Gasteiger partial charge in [0.05, 0.1) is 6.61 Å². The third-order valence-corrected chi connectivity index (χ3v) is 4.87. The Morgan fingerprint density at radius 1 is 0.483 bits per heavy atom. The topological polar surface area (TPSA) is 69.9 Å². The van der Waals surface area contributed by atoms with Crippen molar-refractivity contribution < 1.29 is 20.1 Å². The first kappa shape index (κ1) is 28.1. The van der Waals surface area contributed by atoms with Crippen LogP contribution in [0.15, 0.2) is 30.3 Å². The van der Waals surface area contributed by atoms with Gasteiger partial charge >= 0.3 is 0 Å². The molecule has 0 atom stereocenters. The van der Waals surface area contributed by atoms with Gasteiger partial charge in [-0.15, -0.1) is 0 Å². The van der Waals surface area contributed by atoms with E-state index in [0.717, 1.165) is 51.7 Å². The van der Waals surface area contributed by atoms with Crippen molar-refractivity contribution in [2.75, 3.05) is 26.4 Å². The van der Waals surface area contributed by atoms with Crippen molar-refractivity contribution in [1.82, 2.24) is 0 Å². The maximum atomic E-state index is 8.64. The van der Waals surface area contributed by atoms with Crippen LogP contribution in [-0.2, 0) is 11.3 Å². The van der Waals surface area contributed by atoms with E-state index in [9.17, 15) is 0 Å². The molecule has 0 saturated carbocycles. The summed E-state index contributed by atoms with van der Waals surface area (Å²) in [5.74, 6) is 0. The fourth-order valence-electron chi connectivity index (χ4n) is 3.07. The number of unbranched alkanes of at least 4 members (excludes halogenated alkanes) is 12. The predicted molar refractivity (Wildman–Crippen MR) is 122 cm³/mol. The molecule has 0 aliphatic heterocycles. The Morgan fingerprint density at radius 3 is 1.28 bits per heavy atom. The number of hydrogen-bond acceptors (Lipinski definition) is 4. The van der Waals surface area contributed by atoms with Crippen molar-refractivity contribution in [2.45, 2.75) is 96.5 Å². The zero-order chi connectivity index (χ0) is 21.3. The molecule has 4 heteroatoms. The summed E-state index contributed by atoms with van der Waals surface area (Å²) in [6, 6.07) is 10.3. The molecule has 3 N–H and O–H groups in total. The molecule has 0 aliphatic carbocycles. The molecule has 1 aromatic rings. The van der Waals surface area contributed by atoms with Crippen LogP contribution in [0.4, 0.5) is 0 Å². The molecule has 1 aromatic carbocycles. The van der Waals surface area contributed by atoms with E-state index in [1.165, 1.54) is 56.9 Å². The van der Waals surface area contributed by atoms with Gasteiger partial charge in [-0.2, -0.15) is 0 Å². The largest absolute Gasteiger partial charge is 0.396 e. The van der Waals surface area contributed by atoms with Crippen LogP contribution in [0.5, 0.6) is 0 Å². The molecule has 0 spiro atoms. The van der Waals surface area contributed by atoms with E-state index in [0.29, 0.717) is 19.8 Å². The van der Waals surface area contributed by atoms with Gasteiger partial charge in [0.2, 0.25) is 0 Å². The molecule has 0 bridgehead atoms. The van der Waals surface area contributed by atoms with Crippen LogP contribution in [-0.4, -0.2) is 41.7 Å². The van der Waals surface area contributed by atoms with Crippen molar-refractivity contribution in [2.24, 2.45) is 0 Å². The lowest BCUT2D eigenvalue weighted by Gasteiger charge is -2.04. The fraction of sp³-hybridized carbons (Fsp3) is 0.760. The van der Waals surface area contributed by atoms with Crippen LogP contribution < -0.4 is 0 Å². The zero-order valence-corrected chi connectivity index (χ0v) is 18.6. The summed E-state index contributed by atoms with van der Waals surface area (Å²) in [6.45, 7) is 2.60. The highest BCUT2D eigenvalue weighted by atomic mass is 16.5. The van der Waals surface area contributed by atoms with Crippen molar-refractivity contribution in [3.05, 3.63) is 35.9 Å². The van der Waals surface area contributed by atoms with Gasteiger partial charge in [0, 0.05) is 26.4 Å². The first-order chi connectivity index (χ1) is 14.3. The summed E-state index contributed by atoms with van der Waals surface area (Å²) in [5, 5.41) is 25.6. The summed E-state index contributed by atoms with van der Waals surface area (Å²) in [5.41, 5.74) is 1.25. The van der Waals surface area contributed by atoms with Gasteiger partial charge < -0.3 is 20.1 Å². The highest BCUT2D eigenvalue weighted by molar-refractivity contribution is 5.13. The summed E-state index contributed by atoms with van der Waals surface area (Å²) in [7, 11) is 0. The first-order valence-electron chi connectivity index (χ1n) is 11.8. The molecule has 0 heterocycles. The van der Waals surface area contributed by atoms with Gasteiger partial charge in [0.1, 0.15) is 0 Å². The van der Waals surface area contributed by atoms with Crippen LogP contribution in [0.25, 0.3) is 0 Å². The van der Waals surface area contributed by atoms with Gasteiger partial charge in [0.15, 0.2) is 0 Å². The molecular weight excluding hydrogens is 364 g/mol. The lowest BCUT2D eigenvalue weighted by Crippen LogP contribution is -1.95. The van der Waals surface area contributed by atoms with Gasteiger partial charge in [-0.3, -0.25) is 0 Å². The Morgan fingerprint density at radius 2 is 0.862 bits per heavy atom. The first-order valence-corrected chi connectivity index (χ1v) is 11.8. The van der Waals surface area contributed by atoms with Gasteiger partial charge in [-0.05, 0) is 31.2 Å². The Bertz CT molecular complexity index is 389. The van der Waals surface area contributed by atoms with Crippen molar-refractivity contribution >= 4 is 0 Å². The second-order valence-electron chi connectivity index (χ2n) is 7.66. The number of aliphatic hydroxyl groups is 3. The van der Waals surface area contributed by atoms with Crippen molar-refractivity contribution in [3.63, 3.8) is 0 Å². The van der Waals surface area contributed by atoms with Crippen LogP contribution in [0.2, 0.25) is 0 Å². The van der Waals surface area contributed by atoms with E-state index in [4.69, 9.17) is 20.1 Å². The molecule has 0 saturated heterocycles. The maximum Gasteiger partial charge on any atom is 0.0716 e. The second kappa shape index (κ2) is 25.1. The third-order valence-electron chi connectivity index (χ3n) is 4.87. The summed E-state index contributed by atoms with van der Waals surface area (Å²) in [4.78, 5) is 0. The average molecular weight is 411 g/mol. The van der Waals surface area contributed by atoms with Crippen LogP contribution in [0, 0.1) is 0 Å². The van der Waals surface area contributed by atoms with E-state index < -0.39 is 0 Å². The van der Waals surface area contributed by atoms with Gasteiger partial charge in [0.25, 0.3) is 0 Å². The summed E-state index contributed by atoms with van der Waals surface area (Å²) in [6.07, 6.45) is 16.3. The maximum absolute atomic E-state index is 8.64. The normalized spacial score (nSPS) is 10.6. The highest BCUT2D eigenvalue weighted by Gasteiger charge is 1.94. The molecule has 0 aromatic heterocycles. The lowest BCUT2D eigenvalue weighted by molar-refractivity contribution is 0.116. The molecule has 0 fully saturated rings.